The monoisotopic (exact) mass is 303 g/mol. The highest BCUT2D eigenvalue weighted by Gasteiger charge is 2.16. The zero-order valence-corrected chi connectivity index (χ0v) is 12.8. The van der Waals surface area contributed by atoms with Crippen molar-refractivity contribution in [3.05, 3.63) is 29.8 Å². The molecule has 0 saturated heterocycles. The third-order valence-corrected chi connectivity index (χ3v) is 5.01. The van der Waals surface area contributed by atoms with Crippen LogP contribution in [-0.4, -0.2) is 32.1 Å². The van der Waals surface area contributed by atoms with E-state index in [1.807, 2.05) is 0 Å². The van der Waals surface area contributed by atoms with Gasteiger partial charge in [0.1, 0.15) is 0 Å². The van der Waals surface area contributed by atoms with Crippen molar-refractivity contribution >= 4 is 21.8 Å². The SMILES string of the molecule is CSCCCCCNS(=O)(=O)c1ccccc1CO. The lowest BCUT2D eigenvalue weighted by Crippen LogP contribution is -2.25. The van der Waals surface area contributed by atoms with Crippen molar-refractivity contribution in [3.63, 3.8) is 0 Å². The first kappa shape index (κ1) is 16.5. The van der Waals surface area contributed by atoms with Gasteiger partial charge in [0.2, 0.25) is 10.0 Å². The Kier molecular flexibility index (Phi) is 7.45. The van der Waals surface area contributed by atoms with E-state index in [-0.39, 0.29) is 11.5 Å². The Bertz CT molecular complexity index is 475. The van der Waals surface area contributed by atoms with Crippen LogP contribution >= 0.6 is 11.8 Å². The van der Waals surface area contributed by atoms with E-state index in [0.29, 0.717) is 12.1 Å². The summed E-state index contributed by atoms with van der Waals surface area (Å²) in [5.74, 6) is 1.11. The van der Waals surface area contributed by atoms with E-state index in [9.17, 15) is 8.42 Å². The van der Waals surface area contributed by atoms with Crippen LogP contribution in [0.4, 0.5) is 0 Å². The summed E-state index contributed by atoms with van der Waals surface area (Å²) in [5.41, 5.74) is 0.428. The van der Waals surface area contributed by atoms with Crippen LogP contribution in [0.5, 0.6) is 0 Å². The molecular formula is C13H21NO3S2. The molecule has 0 bridgehead atoms. The molecule has 0 heterocycles. The molecule has 0 atom stereocenters. The molecule has 1 aromatic rings. The standard InChI is InChI=1S/C13H21NO3S2/c1-18-10-6-2-5-9-14-19(16,17)13-8-4-3-7-12(13)11-15/h3-4,7-8,14-15H,2,5-6,9-11H2,1H3. The van der Waals surface area contributed by atoms with Crippen molar-refractivity contribution in [2.24, 2.45) is 0 Å². The maximum Gasteiger partial charge on any atom is 0.240 e. The summed E-state index contributed by atoms with van der Waals surface area (Å²) in [6.07, 6.45) is 5.02. The molecule has 6 heteroatoms. The van der Waals surface area contributed by atoms with Crippen LogP contribution in [0.2, 0.25) is 0 Å². The highest BCUT2D eigenvalue weighted by atomic mass is 32.2. The van der Waals surface area contributed by atoms with Crippen molar-refractivity contribution in [1.29, 1.82) is 0 Å². The molecule has 108 valence electrons. The van der Waals surface area contributed by atoms with Gasteiger partial charge in [-0.05, 0) is 36.5 Å². The molecule has 0 fully saturated rings. The summed E-state index contributed by atoms with van der Waals surface area (Å²) >= 11 is 1.80. The number of sulfonamides is 1. The van der Waals surface area contributed by atoms with Gasteiger partial charge in [0.05, 0.1) is 11.5 Å². The minimum absolute atomic E-state index is 0.168. The molecule has 0 unspecified atom stereocenters. The summed E-state index contributed by atoms with van der Waals surface area (Å²) in [6.45, 7) is 0.168. The Morgan fingerprint density at radius 3 is 2.63 bits per heavy atom. The number of nitrogens with one attached hydrogen (secondary N) is 1. The first-order valence-electron chi connectivity index (χ1n) is 6.29. The van der Waals surface area contributed by atoms with Gasteiger partial charge >= 0.3 is 0 Å². The maximum atomic E-state index is 12.1. The number of benzene rings is 1. The van der Waals surface area contributed by atoms with Gasteiger partial charge in [-0.15, -0.1) is 0 Å². The fourth-order valence-electron chi connectivity index (χ4n) is 1.73. The fraction of sp³-hybridized carbons (Fsp3) is 0.538. The molecule has 0 aliphatic heterocycles. The van der Waals surface area contributed by atoms with Crippen LogP contribution in [0.25, 0.3) is 0 Å². The van der Waals surface area contributed by atoms with E-state index in [0.717, 1.165) is 25.0 Å². The second-order valence-electron chi connectivity index (χ2n) is 4.22. The van der Waals surface area contributed by atoms with Crippen LogP contribution in [-0.2, 0) is 16.6 Å². The maximum absolute atomic E-state index is 12.1. The number of hydrogen-bond acceptors (Lipinski definition) is 4. The highest BCUT2D eigenvalue weighted by molar-refractivity contribution is 7.98. The van der Waals surface area contributed by atoms with Gasteiger partial charge < -0.3 is 5.11 Å². The summed E-state index contributed by atoms with van der Waals surface area (Å²) in [7, 11) is -3.51. The second-order valence-corrected chi connectivity index (χ2v) is 6.94. The average molecular weight is 303 g/mol. The molecule has 0 spiro atoms. The van der Waals surface area contributed by atoms with Crippen molar-refractivity contribution in [2.75, 3.05) is 18.6 Å². The van der Waals surface area contributed by atoms with Crippen LogP contribution in [0, 0.1) is 0 Å². The summed E-state index contributed by atoms with van der Waals surface area (Å²) in [4.78, 5) is 0.168. The quantitative estimate of drug-likeness (QED) is 0.685. The molecule has 19 heavy (non-hydrogen) atoms. The van der Waals surface area contributed by atoms with Crippen LogP contribution in [0.15, 0.2) is 29.2 Å². The Morgan fingerprint density at radius 2 is 1.95 bits per heavy atom. The smallest absolute Gasteiger partial charge is 0.240 e. The van der Waals surface area contributed by atoms with Crippen molar-refractivity contribution < 1.29 is 13.5 Å². The third-order valence-electron chi connectivity index (χ3n) is 2.75. The molecule has 2 N–H and O–H groups in total. The lowest BCUT2D eigenvalue weighted by atomic mass is 10.2. The Labute approximate surface area is 119 Å². The lowest BCUT2D eigenvalue weighted by molar-refractivity contribution is 0.278. The summed E-state index contributed by atoms with van der Waals surface area (Å²) < 4.78 is 26.7. The zero-order valence-electron chi connectivity index (χ0n) is 11.1. The molecule has 0 saturated carbocycles. The Morgan fingerprint density at radius 1 is 1.21 bits per heavy atom. The van der Waals surface area contributed by atoms with E-state index in [1.54, 1.807) is 30.0 Å². The van der Waals surface area contributed by atoms with Gasteiger partial charge in [0.15, 0.2) is 0 Å². The topological polar surface area (TPSA) is 66.4 Å². The van der Waals surface area contributed by atoms with Gasteiger partial charge in [0.25, 0.3) is 0 Å². The second kappa shape index (κ2) is 8.58. The van der Waals surface area contributed by atoms with E-state index < -0.39 is 10.0 Å². The molecule has 4 nitrogen and oxygen atoms in total. The average Bonchev–Trinajstić information content (AvgIpc) is 2.42. The largest absolute Gasteiger partial charge is 0.392 e. The van der Waals surface area contributed by atoms with Gasteiger partial charge in [-0.3, -0.25) is 0 Å². The molecule has 0 amide bonds. The molecule has 0 aliphatic carbocycles. The first-order chi connectivity index (χ1) is 9.11. The van der Waals surface area contributed by atoms with Crippen LogP contribution < -0.4 is 4.72 Å². The van der Waals surface area contributed by atoms with Gasteiger partial charge in [0, 0.05) is 6.54 Å². The highest BCUT2D eigenvalue weighted by Crippen LogP contribution is 2.15. The third kappa shape index (κ3) is 5.52. The van der Waals surface area contributed by atoms with Crippen molar-refractivity contribution in [1.82, 2.24) is 4.72 Å². The fourth-order valence-corrected chi connectivity index (χ4v) is 3.53. The summed E-state index contributed by atoms with van der Waals surface area (Å²) in [5, 5.41) is 9.16. The van der Waals surface area contributed by atoms with Crippen LogP contribution in [0.3, 0.4) is 0 Å². The van der Waals surface area contributed by atoms with E-state index in [4.69, 9.17) is 5.11 Å². The number of unbranched alkanes of at least 4 members (excludes halogenated alkanes) is 2. The van der Waals surface area contributed by atoms with Crippen molar-refractivity contribution in [3.8, 4) is 0 Å². The summed E-state index contributed by atoms with van der Waals surface area (Å²) in [6, 6.07) is 6.51. The first-order valence-corrected chi connectivity index (χ1v) is 9.17. The normalized spacial score (nSPS) is 11.7. The lowest BCUT2D eigenvalue weighted by Gasteiger charge is -2.09. The van der Waals surface area contributed by atoms with E-state index in [2.05, 4.69) is 11.0 Å². The van der Waals surface area contributed by atoms with Gasteiger partial charge in [-0.2, -0.15) is 11.8 Å². The predicted molar refractivity (Wildman–Crippen MR) is 79.8 cm³/mol. The Balaban J connectivity index is 2.52. The number of aliphatic hydroxyl groups excluding tert-OH is 1. The molecule has 0 aromatic heterocycles. The number of thioether (sulfide) groups is 1. The molecule has 0 radical (unpaired) electrons. The van der Waals surface area contributed by atoms with Crippen molar-refractivity contribution in [2.45, 2.75) is 30.8 Å². The molecule has 1 aromatic carbocycles. The van der Waals surface area contributed by atoms with Gasteiger partial charge in [-0.25, -0.2) is 13.1 Å². The van der Waals surface area contributed by atoms with Crippen LogP contribution in [0.1, 0.15) is 24.8 Å². The number of hydrogen-bond donors (Lipinski definition) is 2. The number of rotatable bonds is 9. The zero-order chi connectivity index (χ0) is 14.1. The van der Waals surface area contributed by atoms with E-state index >= 15 is 0 Å². The molecule has 0 aliphatic rings. The Hall–Kier alpha value is -0.560. The molecule has 1 rings (SSSR count). The predicted octanol–water partition coefficient (Wildman–Crippen LogP) is 1.99. The van der Waals surface area contributed by atoms with E-state index in [1.165, 1.54) is 6.07 Å². The number of aliphatic hydroxyl groups is 1. The minimum atomic E-state index is -3.51. The van der Waals surface area contributed by atoms with Gasteiger partial charge in [-0.1, -0.05) is 24.6 Å². The molecular weight excluding hydrogens is 282 g/mol. The minimum Gasteiger partial charge on any atom is -0.392 e.